The molecule has 1 fully saturated rings. The van der Waals surface area contributed by atoms with Crippen LogP contribution in [0.4, 0.5) is 0 Å². The first-order valence-electron chi connectivity index (χ1n) is 7.17. The molecule has 0 spiro atoms. The van der Waals surface area contributed by atoms with Crippen LogP contribution in [0.3, 0.4) is 0 Å². The van der Waals surface area contributed by atoms with E-state index in [-0.39, 0.29) is 0 Å². The Balaban J connectivity index is 1.53. The number of ether oxygens (including phenoxy) is 2. The molecule has 108 valence electrons. The van der Waals surface area contributed by atoms with Gasteiger partial charge in [-0.05, 0) is 50.1 Å². The first-order valence-corrected chi connectivity index (χ1v) is 7.17. The second kappa shape index (κ2) is 7.88. The van der Waals surface area contributed by atoms with Gasteiger partial charge in [-0.2, -0.15) is 5.26 Å². The van der Waals surface area contributed by atoms with Gasteiger partial charge in [0.1, 0.15) is 12.4 Å². The van der Waals surface area contributed by atoms with Crippen molar-refractivity contribution in [3.8, 4) is 11.8 Å². The Hall–Kier alpha value is -1.57. The predicted octanol–water partition coefficient (Wildman–Crippen LogP) is 2.30. The van der Waals surface area contributed by atoms with Crippen LogP contribution in [-0.4, -0.2) is 44.9 Å². The molecule has 1 aromatic carbocycles. The summed E-state index contributed by atoms with van der Waals surface area (Å²) in [7, 11) is 2.07. The van der Waals surface area contributed by atoms with Crippen molar-refractivity contribution in [2.75, 3.05) is 40.0 Å². The standard InChI is InChI=1S/C16H22N2O2/c1-18(8-10-19-13-15-2-3-15)9-11-20-16-6-4-14(12-17)5-7-16/h4-7,15H,2-3,8-11,13H2,1H3. The molecule has 0 saturated heterocycles. The van der Waals surface area contributed by atoms with Gasteiger partial charge in [-0.3, -0.25) is 0 Å². The van der Waals surface area contributed by atoms with Crippen molar-refractivity contribution >= 4 is 0 Å². The van der Waals surface area contributed by atoms with Crippen molar-refractivity contribution < 1.29 is 9.47 Å². The van der Waals surface area contributed by atoms with Gasteiger partial charge in [0.15, 0.2) is 0 Å². The molecule has 1 aliphatic carbocycles. The summed E-state index contributed by atoms with van der Waals surface area (Å²) in [6.45, 7) is 4.17. The van der Waals surface area contributed by atoms with Gasteiger partial charge in [-0.1, -0.05) is 0 Å². The minimum absolute atomic E-state index is 0.644. The number of hydrogen-bond donors (Lipinski definition) is 0. The molecule has 0 atom stereocenters. The third-order valence-electron chi connectivity index (χ3n) is 3.39. The lowest BCUT2D eigenvalue weighted by molar-refractivity contribution is 0.0992. The molecule has 0 aromatic heterocycles. The summed E-state index contributed by atoms with van der Waals surface area (Å²) in [5.74, 6) is 1.64. The molecule has 1 aliphatic rings. The van der Waals surface area contributed by atoms with Crippen LogP contribution in [0.5, 0.6) is 5.75 Å². The second-order valence-electron chi connectivity index (χ2n) is 5.31. The quantitative estimate of drug-likeness (QED) is 0.648. The van der Waals surface area contributed by atoms with Gasteiger partial charge in [-0.25, -0.2) is 0 Å². The van der Waals surface area contributed by atoms with Crippen LogP contribution in [0, 0.1) is 17.2 Å². The minimum atomic E-state index is 0.644. The molecule has 2 rings (SSSR count). The molecule has 0 bridgehead atoms. The summed E-state index contributed by atoms with van der Waals surface area (Å²) in [5.41, 5.74) is 0.655. The van der Waals surface area contributed by atoms with Crippen LogP contribution in [0.1, 0.15) is 18.4 Å². The number of likely N-dealkylation sites (N-methyl/N-ethyl adjacent to an activating group) is 1. The van der Waals surface area contributed by atoms with Crippen molar-refractivity contribution in [3.05, 3.63) is 29.8 Å². The Morgan fingerprint density at radius 2 is 1.90 bits per heavy atom. The van der Waals surface area contributed by atoms with Gasteiger partial charge in [0.2, 0.25) is 0 Å². The Kier molecular flexibility index (Phi) is 5.85. The first kappa shape index (κ1) is 14.8. The van der Waals surface area contributed by atoms with Crippen molar-refractivity contribution in [1.82, 2.24) is 4.90 Å². The average Bonchev–Trinajstić information content (AvgIpc) is 3.28. The number of rotatable bonds is 9. The van der Waals surface area contributed by atoms with E-state index in [1.807, 2.05) is 12.1 Å². The van der Waals surface area contributed by atoms with Crippen LogP contribution in [-0.2, 0) is 4.74 Å². The van der Waals surface area contributed by atoms with Gasteiger partial charge in [0.25, 0.3) is 0 Å². The van der Waals surface area contributed by atoms with E-state index in [1.165, 1.54) is 12.8 Å². The highest BCUT2D eigenvalue weighted by molar-refractivity contribution is 5.34. The van der Waals surface area contributed by atoms with Crippen LogP contribution in [0.25, 0.3) is 0 Å². The number of nitriles is 1. The van der Waals surface area contributed by atoms with E-state index in [1.54, 1.807) is 12.1 Å². The number of hydrogen-bond acceptors (Lipinski definition) is 4. The van der Waals surface area contributed by atoms with Gasteiger partial charge < -0.3 is 14.4 Å². The molecule has 1 saturated carbocycles. The third-order valence-corrected chi connectivity index (χ3v) is 3.39. The molecular formula is C16H22N2O2. The minimum Gasteiger partial charge on any atom is -0.492 e. The predicted molar refractivity (Wildman–Crippen MR) is 77.7 cm³/mol. The van der Waals surface area contributed by atoms with Gasteiger partial charge in [0.05, 0.1) is 18.2 Å². The maximum absolute atomic E-state index is 8.71. The molecular weight excluding hydrogens is 252 g/mol. The highest BCUT2D eigenvalue weighted by atomic mass is 16.5. The normalized spacial score (nSPS) is 14.2. The van der Waals surface area contributed by atoms with Crippen molar-refractivity contribution in [3.63, 3.8) is 0 Å². The van der Waals surface area contributed by atoms with Crippen LogP contribution < -0.4 is 4.74 Å². The van der Waals surface area contributed by atoms with Crippen molar-refractivity contribution in [1.29, 1.82) is 5.26 Å². The summed E-state index contributed by atoms with van der Waals surface area (Å²) in [5, 5.41) is 8.71. The topological polar surface area (TPSA) is 45.5 Å². The summed E-state index contributed by atoms with van der Waals surface area (Å²) in [4.78, 5) is 2.20. The summed E-state index contributed by atoms with van der Waals surface area (Å²) in [6, 6.07) is 9.29. The largest absolute Gasteiger partial charge is 0.492 e. The fourth-order valence-electron chi connectivity index (χ4n) is 1.81. The number of benzene rings is 1. The van der Waals surface area contributed by atoms with Crippen LogP contribution in [0.15, 0.2) is 24.3 Å². The maximum atomic E-state index is 8.71. The van der Waals surface area contributed by atoms with E-state index >= 15 is 0 Å². The Labute approximate surface area is 120 Å². The summed E-state index contributed by atoms with van der Waals surface area (Å²) >= 11 is 0. The molecule has 1 aromatic rings. The SMILES string of the molecule is CN(CCOCC1CC1)CCOc1ccc(C#N)cc1. The lowest BCUT2D eigenvalue weighted by Gasteiger charge is -2.17. The second-order valence-corrected chi connectivity index (χ2v) is 5.31. The Bertz CT molecular complexity index is 435. The molecule has 0 aliphatic heterocycles. The molecule has 0 heterocycles. The molecule has 4 heteroatoms. The van der Waals surface area contributed by atoms with Gasteiger partial charge >= 0.3 is 0 Å². The monoisotopic (exact) mass is 274 g/mol. The van der Waals surface area contributed by atoms with E-state index in [0.29, 0.717) is 12.2 Å². The summed E-state index contributed by atoms with van der Waals surface area (Å²) in [6.07, 6.45) is 2.68. The highest BCUT2D eigenvalue weighted by Crippen LogP contribution is 2.28. The Morgan fingerprint density at radius 3 is 2.55 bits per heavy atom. The highest BCUT2D eigenvalue weighted by Gasteiger charge is 2.20. The maximum Gasteiger partial charge on any atom is 0.119 e. The van der Waals surface area contributed by atoms with E-state index < -0.39 is 0 Å². The van der Waals surface area contributed by atoms with Gasteiger partial charge in [0, 0.05) is 19.7 Å². The van der Waals surface area contributed by atoms with E-state index in [9.17, 15) is 0 Å². The first-order chi connectivity index (χ1) is 9.78. The molecule has 0 amide bonds. The fourth-order valence-corrected chi connectivity index (χ4v) is 1.81. The zero-order valence-electron chi connectivity index (χ0n) is 12.0. The lowest BCUT2D eigenvalue weighted by atomic mass is 10.2. The third kappa shape index (κ3) is 5.60. The Morgan fingerprint density at radius 1 is 1.20 bits per heavy atom. The van der Waals surface area contributed by atoms with Crippen molar-refractivity contribution in [2.24, 2.45) is 5.92 Å². The van der Waals surface area contributed by atoms with Crippen LogP contribution >= 0.6 is 0 Å². The zero-order chi connectivity index (χ0) is 14.2. The molecule has 0 unspecified atom stereocenters. The molecule has 0 radical (unpaired) electrons. The van der Waals surface area contributed by atoms with Gasteiger partial charge in [-0.15, -0.1) is 0 Å². The van der Waals surface area contributed by atoms with E-state index in [0.717, 1.165) is 38.0 Å². The molecule has 4 nitrogen and oxygen atoms in total. The average molecular weight is 274 g/mol. The number of nitrogens with zero attached hydrogens (tertiary/aromatic N) is 2. The molecule has 0 N–H and O–H groups in total. The molecule has 20 heavy (non-hydrogen) atoms. The zero-order valence-corrected chi connectivity index (χ0v) is 12.0. The lowest BCUT2D eigenvalue weighted by Crippen LogP contribution is -2.28. The fraction of sp³-hybridized carbons (Fsp3) is 0.562. The smallest absolute Gasteiger partial charge is 0.119 e. The van der Waals surface area contributed by atoms with Crippen molar-refractivity contribution in [2.45, 2.75) is 12.8 Å². The summed E-state index contributed by atoms with van der Waals surface area (Å²) < 4.78 is 11.2. The van der Waals surface area contributed by atoms with E-state index in [2.05, 4.69) is 18.0 Å². The van der Waals surface area contributed by atoms with E-state index in [4.69, 9.17) is 14.7 Å². The van der Waals surface area contributed by atoms with Crippen LogP contribution in [0.2, 0.25) is 0 Å².